The Morgan fingerprint density at radius 2 is 1.50 bits per heavy atom. The molecule has 0 N–H and O–H groups in total. The first-order valence-electron chi connectivity index (χ1n) is 8.74. The minimum atomic E-state index is -1.32. The predicted molar refractivity (Wildman–Crippen MR) is 109 cm³/mol. The van der Waals surface area contributed by atoms with E-state index in [9.17, 15) is 9.59 Å². The molecule has 2 heterocycles. The maximum atomic E-state index is 13.9. The maximum Gasteiger partial charge on any atom is 0.253 e. The fourth-order valence-electron chi connectivity index (χ4n) is 4.09. The van der Waals surface area contributed by atoms with Crippen molar-refractivity contribution in [1.82, 2.24) is 0 Å². The maximum absolute atomic E-state index is 13.9. The lowest BCUT2D eigenvalue weighted by Crippen LogP contribution is -2.46. The van der Waals surface area contributed by atoms with E-state index in [-0.39, 0.29) is 5.91 Å². The monoisotopic (exact) mass is 413 g/mol. The summed E-state index contributed by atoms with van der Waals surface area (Å²) in [6.07, 6.45) is 1.51. The zero-order valence-electron chi connectivity index (χ0n) is 15.3. The molecule has 1 aliphatic heterocycles. The van der Waals surface area contributed by atoms with Crippen molar-refractivity contribution in [1.29, 1.82) is 0 Å². The van der Waals surface area contributed by atoms with Crippen LogP contribution in [-0.4, -0.2) is 11.8 Å². The Balaban J connectivity index is 2.02. The molecule has 1 aliphatic rings. The summed E-state index contributed by atoms with van der Waals surface area (Å²) < 4.78 is 5.71. The highest BCUT2D eigenvalue weighted by Crippen LogP contribution is 2.55. The summed E-state index contributed by atoms with van der Waals surface area (Å²) in [6, 6.07) is 17.3. The van der Waals surface area contributed by atoms with E-state index in [1.807, 2.05) is 30.3 Å². The smallest absolute Gasteiger partial charge is 0.253 e. The summed E-state index contributed by atoms with van der Waals surface area (Å²) in [7, 11) is 0. The van der Waals surface area contributed by atoms with Gasteiger partial charge in [-0.25, -0.2) is 4.90 Å². The predicted octanol–water partition coefficient (Wildman–Crippen LogP) is 5.47. The Bertz CT molecular complexity index is 1040. The first-order chi connectivity index (χ1) is 13.3. The fraction of sp³-hybridized carbons (Fsp3) is 0.182. The van der Waals surface area contributed by atoms with Crippen LogP contribution in [0.3, 0.4) is 0 Å². The van der Waals surface area contributed by atoms with Crippen LogP contribution in [0.15, 0.2) is 71.3 Å². The molecule has 142 valence electrons. The largest absolute Gasteiger partial charge is 0.468 e. The molecule has 2 aromatic carbocycles. The quantitative estimate of drug-likeness (QED) is 0.534. The van der Waals surface area contributed by atoms with Gasteiger partial charge in [0.1, 0.15) is 11.2 Å². The normalized spacial score (nSPS) is 21.4. The molecule has 4 rings (SSSR count). The number of amides is 2. The molecular formula is C22H17Cl2NO3. The van der Waals surface area contributed by atoms with Crippen molar-refractivity contribution in [3.8, 4) is 0 Å². The zero-order valence-corrected chi connectivity index (χ0v) is 16.8. The number of benzene rings is 2. The van der Waals surface area contributed by atoms with Gasteiger partial charge in [-0.3, -0.25) is 9.59 Å². The van der Waals surface area contributed by atoms with E-state index in [1.165, 1.54) is 6.26 Å². The molecule has 0 saturated carbocycles. The summed E-state index contributed by atoms with van der Waals surface area (Å²) in [6.45, 7) is 3.52. The number of hydrogen-bond acceptors (Lipinski definition) is 3. The van der Waals surface area contributed by atoms with Crippen LogP contribution in [0, 0.1) is 5.41 Å². The van der Waals surface area contributed by atoms with Crippen LogP contribution in [0.25, 0.3) is 0 Å². The molecule has 2 amide bonds. The van der Waals surface area contributed by atoms with Gasteiger partial charge >= 0.3 is 0 Å². The lowest BCUT2D eigenvalue weighted by Gasteiger charge is -2.35. The van der Waals surface area contributed by atoms with Crippen molar-refractivity contribution < 1.29 is 14.0 Å². The molecule has 0 spiro atoms. The van der Waals surface area contributed by atoms with E-state index in [1.54, 1.807) is 44.2 Å². The molecule has 1 atom stereocenters. The van der Waals surface area contributed by atoms with Crippen LogP contribution >= 0.6 is 23.2 Å². The van der Waals surface area contributed by atoms with E-state index >= 15 is 0 Å². The first kappa shape index (κ1) is 18.8. The Hall–Kier alpha value is -2.56. The Labute approximate surface area is 172 Å². The van der Waals surface area contributed by atoms with Crippen molar-refractivity contribution in [2.45, 2.75) is 19.3 Å². The highest BCUT2D eigenvalue weighted by Gasteiger charge is 2.68. The molecule has 0 bridgehead atoms. The highest BCUT2D eigenvalue weighted by molar-refractivity contribution is 6.36. The molecule has 4 nitrogen and oxygen atoms in total. The van der Waals surface area contributed by atoms with Crippen molar-refractivity contribution in [2.75, 3.05) is 4.90 Å². The summed E-state index contributed by atoms with van der Waals surface area (Å²) in [4.78, 5) is 28.6. The Morgan fingerprint density at radius 3 is 2.07 bits per heavy atom. The van der Waals surface area contributed by atoms with Gasteiger partial charge in [0.25, 0.3) is 5.91 Å². The molecule has 6 heteroatoms. The van der Waals surface area contributed by atoms with Crippen molar-refractivity contribution >= 4 is 40.7 Å². The average molecular weight is 414 g/mol. The Kier molecular flexibility index (Phi) is 4.36. The third-order valence-corrected chi connectivity index (χ3v) is 5.84. The van der Waals surface area contributed by atoms with Gasteiger partial charge in [0.2, 0.25) is 5.91 Å². The SMILES string of the molecule is CC1(C)C(=O)N(c2cc(Cl)cc(Cl)c2)C(=O)[C@@]1(c1ccccc1)c1ccco1. The highest BCUT2D eigenvalue weighted by atomic mass is 35.5. The molecule has 1 saturated heterocycles. The van der Waals surface area contributed by atoms with Gasteiger partial charge in [-0.05, 0) is 49.7 Å². The van der Waals surface area contributed by atoms with Crippen molar-refractivity contribution in [3.05, 3.63) is 88.3 Å². The second-order valence-electron chi connectivity index (χ2n) is 7.29. The number of rotatable bonds is 3. The summed E-state index contributed by atoms with van der Waals surface area (Å²) >= 11 is 12.3. The molecule has 28 heavy (non-hydrogen) atoms. The lowest BCUT2D eigenvalue weighted by molar-refractivity contribution is -0.125. The number of imide groups is 1. The molecule has 1 aromatic heterocycles. The summed E-state index contributed by atoms with van der Waals surface area (Å²) in [5.74, 6) is -0.337. The van der Waals surface area contributed by atoms with Gasteiger partial charge < -0.3 is 4.42 Å². The minimum Gasteiger partial charge on any atom is -0.468 e. The molecule has 0 unspecified atom stereocenters. The van der Waals surface area contributed by atoms with Gasteiger partial charge in [0.05, 0.1) is 17.4 Å². The number of anilines is 1. The van der Waals surface area contributed by atoms with E-state index in [4.69, 9.17) is 27.6 Å². The van der Waals surface area contributed by atoms with E-state index in [2.05, 4.69) is 0 Å². The van der Waals surface area contributed by atoms with Crippen LogP contribution in [0.2, 0.25) is 10.0 Å². The second-order valence-corrected chi connectivity index (χ2v) is 8.16. The number of hydrogen-bond donors (Lipinski definition) is 0. The molecular weight excluding hydrogens is 397 g/mol. The fourth-order valence-corrected chi connectivity index (χ4v) is 4.60. The first-order valence-corrected chi connectivity index (χ1v) is 9.50. The van der Waals surface area contributed by atoms with Crippen LogP contribution in [0.4, 0.5) is 5.69 Å². The van der Waals surface area contributed by atoms with Gasteiger partial charge in [-0.2, -0.15) is 0 Å². The van der Waals surface area contributed by atoms with E-state index in [0.29, 0.717) is 27.1 Å². The number of carbonyl (C=O) groups excluding carboxylic acids is 2. The van der Waals surface area contributed by atoms with Crippen LogP contribution in [0.1, 0.15) is 25.2 Å². The summed E-state index contributed by atoms with van der Waals surface area (Å²) in [5, 5.41) is 0.687. The summed E-state index contributed by atoms with van der Waals surface area (Å²) in [5.41, 5.74) is -1.41. The minimum absolute atomic E-state index is 0.338. The number of carbonyl (C=O) groups is 2. The van der Waals surface area contributed by atoms with E-state index < -0.39 is 16.7 Å². The standard InChI is InChI=1S/C22H17Cl2NO3/c1-21(2)19(26)25(17-12-15(23)11-16(24)13-17)20(27)22(21,18-9-6-10-28-18)14-7-4-3-5-8-14/h3-13H,1-2H3/t22-/m1/s1. The van der Waals surface area contributed by atoms with Crippen molar-refractivity contribution in [2.24, 2.45) is 5.41 Å². The number of furan rings is 1. The average Bonchev–Trinajstić information content (AvgIpc) is 3.21. The Morgan fingerprint density at radius 1 is 0.857 bits per heavy atom. The van der Waals surface area contributed by atoms with Crippen LogP contribution in [-0.2, 0) is 15.0 Å². The zero-order chi connectivity index (χ0) is 20.1. The van der Waals surface area contributed by atoms with Crippen LogP contribution in [0.5, 0.6) is 0 Å². The van der Waals surface area contributed by atoms with E-state index in [0.717, 1.165) is 4.90 Å². The van der Waals surface area contributed by atoms with Gasteiger partial charge in [0, 0.05) is 10.0 Å². The number of halogens is 2. The van der Waals surface area contributed by atoms with Gasteiger partial charge in [-0.1, -0.05) is 53.5 Å². The topological polar surface area (TPSA) is 50.5 Å². The number of nitrogens with zero attached hydrogens (tertiary/aromatic N) is 1. The second kappa shape index (κ2) is 6.50. The molecule has 0 radical (unpaired) electrons. The molecule has 3 aromatic rings. The van der Waals surface area contributed by atoms with Gasteiger partial charge in [-0.15, -0.1) is 0 Å². The lowest BCUT2D eigenvalue weighted by atomic mass is 9.62. The van der Waals surface area contributed by atoms with Crippen molar-refractivity contribution in [3.63, 3.8) is 0 Å². The van der Waals surface area contributed by atoms with Crippen LogP contribution < -0.4 is 4.90 Å². The third kappa shape index (κ3) is 2.45. The molecule has 0 aliphatic carbocycles. The molecule has 1 fully saturated rings. The third-order valence-electron chi connectivity index (χ3n) is 5.40. The van der Waals surface area contributed by atoms with Gasteiger partial charge in [0.15, 0.2) is 0 Å².